The van der Waals surface area contributed by atoms with Gasteiger partial charge in [-0.15, -0.1) is 16.7 Å². The third kappa shape index (κ3) is 3.85. The molecule has 0 bridgehead atoms. The number of aromatic hydroxyl groups is 1. The molecular weight excluding hydrogens is 344 g/mol. The van der Waals surface area contributed by atoms with Crippen molar-refractivity contribution < 1.29 is 14.7 Å². The zero-order valence-corrected chi connectivity index (χ0v) is 14.3. The van der Waals surface area contributed by atoms with Gasteiger partial charge in [0.05, 0.1) is 12.1 Å². The zero-order valence-electron chi connectivity index (χ0n) is 14.3. The van der Waals surface area contributed by atoms with Crippen LogP contribution in [0.15, 0.2) is 64.8 Å². The van der Waals surface area contributed by atoms with Crippen LogP contribution in [0.25, 0.3) is 10.9 Å². The van der Waals surface area contributed by atoms with E-state index in [0.29, 0.717) is 16.5 Å². The number of benzene rings is 2. The minimum atomic E-state index is -0.646. The van der Waals surface area contributed by atoms with E-state index in [0.717, 1.165) is 0 Å². The molecule has 1 aromatic heterocycles. The lowest BCUT2D eigenvalue weighted by molar-refractivity contribution is -0.117. The molecule has 1 heterocycles. The standard InChI is InChI=1S/C20H16N4O3/c1-2-12-24-16-11-7-6-10-15(16)18(20(24)27)23-22-17(25)13-21-19(26)14-8-4-3-5-9-14/h1,3-11,27H,12-13H2,(H,21,26). The van der Waals surface area contributed by atoms with Crippen LogP contribution in [0.5, 0.6) is 5.88 Å². The molecule has 0 saturated heterocycles. The summed E-state index contributed by atoms with van der Waals surface area (Å²) in [7, 11) is 0. The van der Waals surface area contributed by atoms with E-state index in [1.807, 2.05) is 0 Å². The average molecular weight is 360 g/mol. The minimum Gasteiger partial charge on any atom is -0.493 e. The van der Waals surface area contributed by atoms with E-state index < -0.39 is 5.91 Å². The highest BCUT2D eigenvalue weighted by Crippen LogP contribution is 2.38. The van der Waals surface area contributed by atoms with E-state index >= 15 is 0 Å². The molecule has 0 aliphatic carbocycles. The molecule has 134 valence electrons. The van der Waals surface area contributed by atoms with Gasteiger partial charge in [0.25, 0.3) is 11.8 Å². The quantitative estimate of drug-likeness (QED) is 0.541. The van der Waals surface area contributed by atoms with Crippen molar-refractivity contribution in [2.75, 3.05) is 6.54 Å². The molecule has 0 aliphatic heterocycles. The van der Waals surface area contributed by atoms with Gasteiger partial charge in [0.15, 0.2) is 5.69 Å². The van der Waals surface area contributed by atoms with E-state index in [-0.39, 0.29) is 30.6 Å². The van der Waals surface area contributed by atoms with Crippen molar-refractivity contribution in [2.45, 2.75) is 6.54 Å². The number of para-hydroxylation sites is 1. The van der Waals surface area contributed by atoms with Crippen LogP contribution in [0.2, 0.25) is 0 Å². The van der Waals surface area contributed by atoms with Crippen molar-refractivity contribution >= 4 is 28.4 Å². The highest BCUT2D eigenvalue weighted by atomic mass is 16.3. The van der Waals surface area contributed by atoms with Gasteiger partial charge in [-0.25, -0.2) is 0 Å². The summed E-state index contributed by atoms with van der Waals surface area (Å²) in [6.07, 6.45) is 5.34. The van der Waals surface area contributed by atoms with Gasteiger partial charge in [-0.1, -0.05) is 42.3 Å². The van der Waals surface area contributed by atoms with Crippen LogP contribution in [-0.2, 0) is 11.3 Å². The number of hydrogen-bond acceptors (Lipinski definition) is 4. The summed E-state index contributed by atoms with van der Waals surface area (Å²) in [5.41, 5.74) is 1.28. The number of hydrogen-bond donors (Lipinski definition) is 2. The predicted molar refractivity (Wildman–Crippen MR) is 101 cm³/mol. The van der Waals surface area contributed by atoms with Crippen molar-refractivity contribution in [1.29, 1.82) is 0 Å². The van der Waals surface area contributed by atoms with Crippen LogP contribution in [0.1, 0.15) is 10.4 Å². The molecule has 7 nitrogen and oxygen atoms in total. The number of aromatic nitrogens is 1. The Labute approximate surface area is 155 Å². The topological polar surface area (TPSA) is 96.0 Å². The Hall–Kier alpha value is -3.92. The number of rotatable bonds is 5. The van der Waals surface area contributed by atoms with E-state index in [1.165, 1.54) is 4.57 Å². The van der Waals surface area contributed by atoms with Gasteiger partial charge in [-0.3, -0.25) is 14.2 Å². The van der Waals surface area contributed by atoms with Crippen LogP contribution in [0.3, 0.4) is 0 Å². The van der Waals surface area contributed by atoms with E-state index in [9.17, 15) is 14.7 Å². The van der Waals surface area contributed by atoms with Crippen LogP contribution in [0.4, 0.5) is 5.69 Å². The minimum absolute atomic E-state index is 0.156. The summed E-state index contributed by atoms with van der Waals surface area (Å²) < 4.78 is 1.51. The van der Waals surface area contributed by atoms with Crippen LogP contribution in [0, 0.1) is 12.3 Å². The van der Waals surface area contributed by atoms with E-state index in [4.69, 9.17) is 6.42 Å². The summed E-state index contributed by atoms with van der Waals surface area (Å²) in [6, 6.07) is 15.6. The molecular formula is C20H16N4O3. The molecule has 0 radical (unpaired) electrons. The molecule has 0 aliphatic rings. The number of nitrogens with one attached hydrogen (secondary N) is 1. The summed E-state index contributed by atoms with van der Waals surface area (Å²) in [6.45, 7) is -0.149. The monoisotopic (exact) mass is 360 g/mol. The third-order valence-corrected chi connectivity index (χ3v) is 3.86. The van der Waals surface area contributed by atoms with Gasteiger partial charge in [0.1, 0.15) is 6.54 Å². The van der Waals surface area contributed by atoms with Gasteiger partial charge in [0.2, 0.25) is 5.88 Å². The molecule has 7 heteroatoms. The fraction of sp³-hybridized carbons (Fsp3) is 0.100. The lowest BCUT2D eigenvalue weighted by Gasteiger charge is -2.01. The number of amides is 2. The predicted octanol–water partition coefficient (Wildman–Crippen LogP) is 3.02. The lowest BCUT2D eigenvalue weighted by atomic mass is 10.2. The van der Waals surface area contributed by atoms with Gasteiger partial charge >= 0.3 is 0 Å². The molecule has 0 unspecified atom stereocenters. The Bertz CT molecular complexity index is 1060. The highest BCUT2D eigenvalue weighted by Gasteiger charge is 2.16. The molecule has 2 N–H and O–H groups in total. The molecule has 3 aromatic rings. The number of nitrogens with zero attached hydrogens (tertiary/aromatic N) is 3. The first-order valence-electron chi connectivity index (χ1n) is 8.13. The van der Waals surface area contributed by atoms with E-state index in [2.05, 4.69) is 21.5 Å². The SMILES string of the molecule is C#CCn1c(O)c(N=NC(=O)CNC(=O)c2ccccc2)c2ccccc21. The fourth-order valence-corrected chi connectivity index (χ4v) is 2.61. The second-order valence-electron chi connectivity index (χ2n) is 5.62. The summed E-state index contributed by atoms with van der Waals surface area (Å²) in [4.78, 5) is 23.9. The normalized spacial score (nSPS) is 10.8. The maximum absolute atomic E-state index is 11.9. The number of azo groups is 1. The van der Waals surface area contributed by atoms with Crippen LogP contribution in [-0.4, -0.2) is 28.0 Å². The first-order valence-corrected chi connectivity index (χ1v) is 8.13. The summed E-state index contributed by atoms with van der Waals surface area (Å²) in [5, 5.41) is 20.9. The first kappa shape index (κ1) is 17.9. The van der Waals surface area contributed by atoms with Crippen molar-refractivity contribution in [2.24, 2.45) is 10.2 Å². The van der Waals surface area contributed by atoms with Crippen molar-refractivity contribution in [3.05, 3.63) is 60.2 Å². The molecule has 0 atom stereocenters. The van der Waals surface area contributed by atoms with Gasteiger partial charge in [-0.2, -0.15) is 0 Å². The van der Waals surface area contributed by atoms with Gasteiger partial charge < -0.3 is 10.4 Å². The Kier molecular flexibility index (Phi) is 5.28. The number of fused-ring (bicyclic) bond motifs is 1. The maximum Gasteiger partial charge on any atom is 0.283 e. The first-order chi connectivity index (χ1) is 13.1. The Morgan fingerprint density at radius 3 is 2.56 bits per heavy atom. The van der Waals surface area contributed by atoms with Crippen molar-refractivity contribution in [3.8, 4) is 18.2 Å². The summed E-state index contributed by atoms with van der Waals surface area (Å²) >= 11 is 0. The molecule has 3 rings (SSSR count). The summed E-state index contributed by atoms with van der Waals surface area (Å²) in [5.74, 6) is 1.26. The highest BCUT2D eigenvalue weighted by molar-refractivity contribution is 5.97. The fourth-order valence-electron chi connectivity index (χ4n) is 2.61. The molecule has 27 heavy (non-hydrogen) atoms. The Balaban J connectivity index is 1.74. The Morgan fingerprint density at radius 2 is 1.81 bits per heavy atom. The van der Waals surface area contributed by atoms with Crippen molar-refractivity contribution in [3.63, 3.8) is 0 Å². The molecule has 0 fully saturated rings. The molecule has 2 aromatic carbocycles. The lowest BCUT2D eigenvalue weighted by Crippen LogP contribution is -2.28. The average Bonchev–Trinajstić information content (AvgIpc) is 2.97. The second-order valence-corrected chi connectivity index (χ2v) is 5.62. The third-order valence-electron chi connectivity index (χ3n) is 3.86. The second kappa shape index (κ2) is 7.97. The molecule has 0 saturated carbocycles. The van der Waals surface area contributed by atoms with Crippen molar-refractivity contribution in [1.82, 2.24) is 9.88 Å². The smallest absolute Gasteiger partial charge is 0.283 e. The zero-order chi connectivity index (χ0) is 19.2. The van der Waals surface area contributed by atoms with E-state index in [1.54, 1.807) is 54.6 Å². The largest absolute Gasteiger partial charge is 0.493 e. The maximum atomic E-state index is 11.9. The van der Waals surface area contributed by atoms with Gasteiger partial charge in [0, 0.05) is 10.9 Å². The molecule has 2 amide bonds. The number of carbonyl (C=O) groups excluding carboxylic acids is 2. The number of terminal acetylenes is 1. The van der Waals surface area contributed by atoms with Crippen LogP contribution >= 0.6 is 0 Å². The van der Waals surface area contributed by atoms with Crippen LogP contribution < -0.4 is 5.32 Å². The van der Waals surface area contributed by atoms with Gasteiger partial charge in [-0.05, 0) is 18.2 Å². The Morgan fingerprint density at radius 1 is 1.11 bits per heavy atom. The number of carbonyl (C=O) groups is 2. The molecule has 0 spiro atoms.